The lowest BCUT2D eigenvalue weighted by Gasteiger charge is -2.15. The van der Waals surface area contributed by atoms with Crippen molar-refractivity contribution < 1.29 is 4.79 Å². The highest BCUT2D eigenvalue weighted by molar-refractivity contribution is 9.11. The van der Waals surface area contributed by atoms with Crippen LogP contribution in [0.2, 0.25) is 0 Å². The van der Waals surface area contributed by atoms with E-state index in [2.05, 4.69) is 26.1 Å². The fraction of sp³-hybridized carbons (Fsp3) is 0.385. The average molecular weight is 357 g/mol. The van der Waals surface area contributed by atoms with Gasteiger partial charge in [0.15, 0.2) is 5.69 Å². The number of rotatable bonds is 4. The summed E-state index contributed by atoms with van der Waals surface area (Å²) in [6, 6.07) is 2.00. The number of nitrogens with one attached hydrogen (secondary N) is 1. The highest BCUT2D eigenvalue weighted by atomic mass is 79.9. The number of hydrogen-bond donors (Lipinski definition) is 2. The van der Waals surface area contributed by atoms with E-state index in [1.54, 1.807) is 23.3 Å². The highest BCUT2D eigenvalue weighted by Crippen LogP contribution is 2.24. The Balaban J connectivity index is 2.14. The van der Waals surface area contributed by atoms with Crippen LogP contribution in [0.25, 0.3) is 0 Å². The topological polar surface area (TPSA) is 75.0 Å². The largest absolute Gasteiger partial charge is 0.395 e. The first kappa shape index (κ1) is 15.1. The molecule has 0 aliphatic carbocycles. The molecule has 0 aliphatic rings. The molecule has 1 amide bonds. The maximum atomic E-state index is 12.4. The van der Waals surface area contributed by atoms with Crippen molar-refractivity contribution in [1.82, 2.24) is 15.1 Å². The molecular formula is C13H17BrN4OS. The standard InChI is InChI=1S/C13H17BrN4OS/c1-7(2)11-10(15)12(17-16-11)13(19)18(3)5-8-4-9(14)20-6-8/h4,6-7H,5,15H2,1-3H3,(H,16,17). The normalized spacial score (nSPS) is 11.1. The fourth-order valence-corrected chi connectivity index (χ4v) is 3.12. The fourth-order valence-electron chi connectivity index (χ4n) is 1.92. The van der Waals surface area contributed by atoms with E-state index in [-0.39, 0.29) is 11.8 Å². The van der Waals surface area contributed by atoms with Gasteiger partial charge in [-0.25, -0.2) is 0 Å². The smallest absolute Gasteiger partial charge is 0.276 e. The Morgan fingerprint density at radius 3 is 2.80 bits per heavy atom. The molecule has 20 heavy (non-hydrogen) atoms. The van der Waals surface area contributed by atoms with Gasteiger partial charge in [0, 0.05) is 13.6 Å². The van der Waals surface area contributed by atoms with Crippen molar-refractivity contribution in [2.24, 2.45) is 0 Å². The summed E-state index contributed by atoms with van der Waals surface area (Å²) >= 11 is 5.01. The number of halogens is 1. The lowest BCUT2D eigenvalue weighted by molar-refractivity contribution is 0.0780. The van der Waals surface area contributed by atoms with Gasteiger partial charge in [0.2, 0.25) is 0 Å². The molecule has 0 bridgehead atoms. The first-order chi connectivity index (χ1) is 9.40. The minimum atomic E-state index is -0.173. The number of nitrogen functional groups attached to an aromatic ring is 1. The highest BCUT2D eigenvalue weighted by Gasteiger charge is 2.22. The van der Waals surface area contributed by atoms with Crippen LogP contribution in [-0.4, -0.2) is 28.1 Å². The van der Waals surface area contributed by atoms with Gasteiger partial charge < -0.3 is 10.6 Å². The second-order valence-corrected chi connectivity index (χ2v) is 7.27. The third-order valence-electron chi connectivity index (χ3n) is 3.00. The molecule has 0 saturated heterocycles. The molecular weight excluding hydrogens is 340 g/mol. The first-order valence-electron chi connectivity index (χ1n) is 6.22. The maximum absolute atomic E-state index is 12.4. The second kappa shape index (κ2) is 5.97. The van der Waals surface area contributed by atoms with Crippen LogP contribution in [0.1, 0.15) is 41.5 Å². The van der Waals surface area contributed by atoms with E-state index >= 15 is 0 Å². The summed E-state index contributed by atoms with van der Waals surface area (Å²) in [6.07, 6.45) is 0. The van der Waals surface area contributed by atoms with Crippen molar-refractivity contribution in [2.75, 3.05) is 12.8 Å². The summed E-state index contributed by atoms with van der Waals surface area (Å²) in [5.41, 5.74) is 8.62. The van der Waals surface area contributed by atoms with Gasteiger partial charge in [-0.05, 0) is 38.9 Å². The van der Waals surface area contributed by atoms with Gasteiger partial charge in [-0.1, -0.05) is 13.8 Å². The summed E-state index contributed by atoms with van der Waals surface area (Å²) < 4.78 is 1.05. The number of H-pyrrole nitrogens is 1. The van der Waals surface area contributed by atoms with Gasteiger partial charge in [0.05, 0.1) is 15.2 Å². The molecule has 3 N–H and O–H groups in total. The van der Waals surface area contributed by atoms with Crippen LogP contribution in [0.4, 0.5) is 5.69 Å². The minimum absolute atomic E-state index is 0.173. The number of aromatic amines is 1. The number of thiophene rings is 1. The Hall–Kier alpha value is -1.34. The van der Waals surface area contributed by atoms with Gasteiger partial charge in [-0.3, -0.25) is 9.89 Å². The number of amides is 1. The number of hydrogen-bond acceptors (Lipinski definition) is 4. The van der Waals surface area contributed by atoms with Crippen LogP contribution in [0.5, 0.6) is 0 Å². The van der Waals surface area contributed by atoms with Crippen molar-refractivity contribution in [3.05, 3.63) is 32.2 Å². The predicted octanol–water partition coefficient (Wildman–Crippen LogP) is 3.21. The second-order valence-electron chi connectivity index (χ2n) is 4.97. The van der Waals surface area contributed by atoms with E-state index < -0.39 is 0 Å². The van der Waals surface area contributed by atoms with Crippen molar-refractivity contribution in [2.45, 2.75) is 26.3 Å². The van der Waals surface area contributed by atoms with Crippen LogP contribution < -0.4 is 5.73 Å². The molecule has 2 aromatic heterocycles. The number of nitrogens with two attached hydrogens (primary N) is 1. The van der Waals surface area contributed by atoms with Gasteiger partial charge in [-0.15, -0.1) is 11.3 Å². The molecule has 0 radical (unpaired) electrons. The number of carbonyl (C=O) groups is 1. The molecule has 0 fully saturated rings. The molecule has 0 unspecified atom stereocenters. The molecule has 0 atom stereocenters. The summed E-state index contributed by atoms with van der Waals surface area (Å²) in [7, 11) is 1.75. The van der Waals surface area contributed by atoms with Crippen LogP contribution in [0.15, 0.2) is 15.2 Å². The number of anilines is 1. The van der Waals surface area contributed by atoms with Gasteiger partial charge in [0.25, 0.3) is 5.91 Å². The van der Waals surface area contributed by atoms with Crippen molar-refractivity contribution in [1.29, 1.82) is 0 Å². The lowest BCUT2D eigenvalue weighted by Crippen LogP contribution is -2.27. The van der Waals surface area contributed by atoms with Crippen LogP contribution in [0, 0.1) is 0 Å². The predicted molar refractivity (Wildman–Crippen MR) is 84.9 cm³/mol. The summed E-state index contributed by atoms with van der Waals surface area (Å²) in [6.45, 7) is 4.54. The Morgan fingerprint density at radius 1 is 1.60 bits per heavy atom. The molecule has 5 nitrogen and oxygen atoms in total. The van der Waals surface area contributed by atoms with Crippen molar-refractivity contribution in [3.8, 4) is 0 Å². The monoisotopic (exact) mass is 356 g/mol. The average Bonchev–Trinajstić information content (AvgIpc) is 2.94. The first-order valence-corrected chi connectivity index (χ1v) is 7.89. The summed E-state index contributed by atoms with van der Waals surface area (Å²) in [4.78, 5) is 14.0. The van der Waals surface area contributed by atoms with Crippen LogP contribution in [-0.2, 0) is 6.54 Å². The zero-order valence-corrected chi connectivity index (χ0v) is 14.0. The van der Waals surface area contributed by atoms with E-state index in [1.807, 2.05) is 25.3 Å². The third-order valence-corrected chi connectivity index (χ3v) is 4.55. The molecule has 0 aliphatic heterocycles. The number of carbonyl (C=O) groups excluding carboxylic acids is 1. The Labute approximate surface area is 130 Å². The lowest BCUT2D eigenvalue weighted by atomic mass is 10.1. The van der Waals surface area contributed by atoms with E-state index in [0.29, 0.717) is 17.9 Å². The molecule has 7 heteroatoms. The van der Waals surface area contributed by atoms with Crippen molar-refractivity contribution >= 4 is 38.9 Å². The molecule has 108 valence electrons. The molecule has 0 aromatic carbocycles. The van der Waals surface area contributed by atoms with E-state index in [1.165, 1.54) is 0 Å². The molecule has 2 heterocycles. The summed E-state index contributed by atoms with van der Waals surface area (Å²) in [5.74, 6) is 0.0372. The molecule has 0 saturated carbocycles. The maximum Gasteiger partial charge on any atom is 0.276 e. The molecule has 0 spiro atoms. The van der Waals surface area contributed by atoms with Gasteiger partial charge >= 0.3 is 0 Å². The molecule has 2 rings (SSSR count). The van der Waals surface area contributed by atoms with E-state index in [4.69, 9.17) is 5.73 Å². The van der Waals surface area contributed by atoms with E-state index in [9.17, 15) is 4.79 Å². The minimum Gasteiger partial charge on any atom is -0.395 e. The zero-order valence-electron chi connectivity index (χ0n) is 11.6. The van der Waals surface area contributed by atoms with Gasteiger partial charge in [-0.2, -0.15) is 5.10 Å². The number of nitrogens with zero attached hydrogens (tertiary/aromatic N) is 2. The third kappa shape index (κ3) is 3.04. The molecule has 2 aromatic rings. The Kier molecular flexibility index (Phi) is 4.49. The van der Waals surface area contributed by atoms with Crippen LogP contribution in [0.3, 0.4) is 0 Å². The Bertz CT molecular complexity index is 620. The van der Waals surface area contributed by atoms with Crippen LogP contribution >= 0.6 is 27.3 Å². The zero-order chi connectivity index (χ0) is 14.9. The quantitative estimate of drug-likeness (QED) is 0.882. The SMILES string of the molecule is CC(C)c1[nH]nc(C(=O)N(C)Cc2csc(Br)c2)c1N. The van der Waals surface area contributed by atoms with E-state index in [0.717, 1.165) is 15.0 Å². The van der Waals surface area contributed by atoms with Crippen molar-refractivity contribution in [3.63, 3.8) is 0 Å². The van der Waals surface area contributed by atoms with Gasteiger partial charge in [0.1, 0.15) is 0 Å². The number of aromatic nitrogens is 2. The Morgan fingerprint density at radius 2 is 2.30 bits per heavy atom. The summed E-state index contributed by atoms with van der Waals surface area (Å²) in [5, 5.41) is 8.92.